The Kier molecular flexibility index (Phi) is 3.35. The average molecular weight is 337 g/mol. The maximum absolute atomic E-state index is 13.3. The molecule has 2 heterocycles. The van der Waals surface area contributed by atoms with E-state index in [1.165, 1.54) is 18.2 Å². The van der Waals surface area contributed by atoms with Gasteiger partial charge in [0.25, 0.3) is 5.91 Å². The number of nitrogens with one attached hydrogen (secondary N) is 1. The van der Waals surface area contributed by atoms with Crippen LogP contribution in [0.5, 0.6) is 5.75 Å². The maximum Gasteiger partial charge on any atom is 0.280 e. The lowest BCUT2D eigenvalue weighted by Crippen LogP contribution is -2.25. The Hall–Kier alpha value is -3.48. The zero-order valence-electron chi connectivity index (χ0n) is 13.1. The molecule has 7 heteroatoms. The molecule has 0 spiro atoms. The fourth-order valence-electron chi connectivity index (χ4n) is 2.62. The van der Waals surface area contributed by atoms with E-state index in [9.17, 15) is 9.18 Å². The van der Waals surface area contributed by atoms with Crippen molar-refractivity contribution in [3.8, 4) is 17.2 Å². The van der Waals surface area contributed by atoms with Crippen molar-refractivity contribution in [1.29, 1.82) is 5.41 Å². The van der Waals surface area contributed by atoms with E-state index in [-0.39, 0.29) is 16.9 Å². The molecule has 124 valence electrons. The van der Waals surface area contributed by atoms with Crippen molar-refractivity contribution in [2.24, 2.45) is 0 Å². The summed E-state index contributed by atoms with van der Waals surface area (Å²) >= 11 is 0. The van der Waals surface area contributed by atoms with Crippen LogP contribution in [0.2, 0.25) is 0 Å². The van der Waals surface area contributed by atoms with Crippen LogP contribution in [0.25, 0.3) is 22.4 Å². The van der Waals surface area contributed by atoms with Gasteiger partial charge in [-0.05, 0) is 36.4 Å². The number of methoxy groups -OCH3 is 1. The topological polar surface area (TPSA) is 81.1 Å². The molecule has 2 aromatic carbocycles. The van der Waals surface area contributed by atoms with E-state index < -0.39 is 11.7 Å². The SMILES string of the molecule is COc1ccc2cc3c(=N)n(C(=O)c4cccc(F)c4)nc-3oc2c1. The molecular formula is C18H12FN3O3. The van der Waals surface area contributed by atoms with Gasteiger partial charge >= 0.3 is 0 Å². The third-order valence-corrected chi connectivity index (χ3v) is 3.88. The second-order valence-electron chi connectivity index (χ2n) is 5.44. The van der Waals surface area contributed by atoms with Crippen molar-refractivity contribution in [2.45, 2.75) is 0 Å². The summed E-state index contributed by atoms with van der Waals surface area (Å²) in [4.78, 5) is 12.5. The molecule has 0 amide bonds. The first-order valence-corrected chi connectivity index (χ1v) is 7.42. The second-order valence-corrected chi connectivity index (χ2v) is 5.44. The molecule has 0 aliphatic carbocycles. The fourth-order valence-corrected chi connectivity index (χ4v) is 2.62. The van der Waals surface area contributed by atoms with Gasteiger partial charge in [-0.2, -0.15) is 4.68 Å². The molecule has 0 unspecified atom stereocenters. The highest BCUT2D eigenvalue weighted by Gasteiger charge is 2.21. The molecule has 0 saturated carbocycles. The molecule has 2 aromatic rings. The summed E-state index contributed by atoms with van der Waals surface area (Å²) in [5, 5.41) is 13.0. The van der Waals surface area contributed by atoms with E-state index in [2.05, 4.69) is 5.10 Å². The highest BCUT2D eigenvalue weighted by molar-refractivity contribution is 5.96. The molecule has 2 aliphatic heterocycles. The van der Waals surface area contributed by atoms with Gasteiger partial charge in [0.2, 0.25) is 5.89 Å². The molecule has 0 saturated heterocycles. The molecular weight excluding hydrogens is 325 g/mol. The summed E-state index contributed by atoms with van der Waals surface area (Å²) in [6, 6.07) is 12.2. The Bertz CT molecular complexity index is 1150. The first kappa shape index (κ1) is 15.1. The lowest BCUT2D eigenvalue weighted by atomic mass is 10.1. The van der Waals surface area contributed by atoms with Gasteiger partial charge < -0.3 is 9.15 Å². The van der Waals surface area contributed by atoms with Gasteiger partial charge in [-0.25, -0.2) is 4.39 Å². The second kappa shape index (κ2) is 5.55. The van der Waals surface area contributed by atoms with Crippen molar-refractivity contribution in [3.63, 3.8) is 0 Å². The van der Waals surface area contributed by atoms with Crippen LogP contribution in [-0.4, -0.2) is 22.8 Å². The van der Waals surface area contributed by atoms with Crippen LogP contribution in [0, 0.1) is 11.2 Å². The van der Waals surface area contributed by atoms with E-state index >= 15 is 0 Å². The summed E-state index contributed by atoms with van der Waals surface area (Å²) in [5.41, 5.74) is 0.899. The highest BCUT2D eigenvalue weighted by Crippen LogP contribution is 2.27. The molecule has 25 heavy (non-hydrogen) atoms. The normalized spacial score (nSPS) is 11.1. The Balaban J connectivity index is 1.90. The number of rotatable bonds is 2. The van der Waals surface area contributed by atoms with Gasteiger partial charge in [-0.15, -0.1) is 5.10 Å². The summed E-state index contributed by atoms with van der Waals surface area (Å²) in [7, 11) is 1.55. The number of hydrogen-bond acceptors (Lipinski definition) is 5. The summed E-state index contributed by atoms with van der Waals surface area (Å²) in [6.45, 7) is 0. The maximum atomic E-state index is 13.3. The Morgan fingerprint density at radius 1 is 1.24 bits per heavy atom. The Labute approximate surface area is 140 Å². The van der Waals surface area contributed by atoms with Gasteiger partial charge in [0.15, 0.2) is 5.49 Å². The average Bonchev–Trinajstić information content (AvgIpc) is 2.94. The predicted molar refractivity (Wildman–Crippen MR) is 87.2 cm³/mol. The Morgan fingerprint density at radius 2 is 2.08 bits per heavy atom. The first-order chi connectivity index (χ1) is 12.1. The van der Waals surface area contributed by atoms with E-state index in [1.807, 2.05) is 0 Å². The molecule has 0 atom stereocenters. The van der Waals surface area contributed by atoms with Crippen molar-refractivity contribution in [3.05, 3.63) is 65.4 Å². The standard InChI is InChI=1S/C18H12FN3O3/c1-24-13-6-5-10-8-14-16(20)22(21-17(14)25-15(10)9-13)18(23)11-3-2-4-12(19)7-11/h2-9,20H,1H3. The summed E-state index contributed by atoms with van der Waals surface area (Å²) in [6.07, 6.45) is 0. The van der Waals surface area contributed by atoms with Crippen LogP contribution in [0.3, 0.4) is 0 Å². The number of carbonyl (C=O) groups excluding carboxylic acids is 1. The summed E-state index contributed by atoms with van der Waals surface area (Å²) < 4.78 is 25.1. The fraction of sp³-hybridized carbons (Fsp3) is 0.0556. The number of carbonyl (C=O) groups is 1. The lowest BCUT2D eigenvalue weighted by Gasteiger charge is -2.03. The number of ether oxygens (including phenoxy) is 1. The van der Waals surface area contributed by atoms with Crippen molar-refractivity contribution >= 4 is 16.9 Å². The number of halogens is 1. The highest BCUT2D eigenvalue weighted by atomic mass is 19.1. The van der Waals surface area contributed by atoms with Gasteiger partial charge in [0, 0.05) is 17.0 Å². The van der Waals surface area contributed by atoms with E-state index in [4.69, 9.17) is 14.6 Å². The van der Waals surface area contributed by atoms with E-state index in [1.54, 1.807) is 31.4 Å². The minimum atomic E-state index is -0.600. The van der Waals surface area contributed by atoms with Crippen LogP contribution in [0.15, 0.2) is 52.9 Å². The smallest absolute Gasteiger partial charge is 0.280 e. The van der Waals surface area contributed by atoms with Crippen molar-refractivity contribution < 1.29 is 18.3 Å². The third kappa shape index (κ3) is 2.46. The minimum Gasteiger partial charge on any atom is -0.497 e. The largest absolute Gasteiger partial charge is 0.497 e. The Morgan fingerprint density at radius 3 is 2.84 bits per heavy atom. The van der Waals surface area contributed by atoms with Crippen LogP contribution in [0.4, 0.5) is 4.39 Å². The minimum absolute atomic E-state index is 0.104. The quantitative estimate of drug-likeness (QED) is 0.609. The molecule has 0 fully saturated rings. The van der Waals surface area contributed by atoms with Gasteiger partial charge in [-0.3, -0.25) is 10.2 Å². The van der Waals surface area contributed by atoms with Crippen LogP contribution >= 0.6 is 0 Å². The summed E-state index contributed by atoms with van der Waals surface area (Å²) in [5.74, 6) is -0.360. The number of nitrogens with zero attached hydrogens (tertiary/aromatic N) is 2. The van der Waals surface area contributed by atoms with Gasteiger partial charge in [-0.1, -0.05) is 6.07 Å². The van der Waals surface area contributed by atoms with Crippen LogP contribution in [-0.2, 0) is 0 Å². The molecule has 0 aromatic heterocycles. The molecule has 0 bridgehead atoms. The number of hydrogen-bond donors (Lipinski definition) is 1. The molecule has 6 nitrogen and oxygen atoms in total. The zero-order chi connectivity index (χ0) is 17.6. The van der Waals surface area contributed by atoms with Crippen LogP contribution < -0.4 is 10.2 Å². The third-order valence-electron chi connectivity index (χ3n) is 3.88. The molecule has 2 aliphatic rings. The number of aromatic nitrogens is 2. The molecule has 1 N–H and O–H groups in total. The molecule has 4 rings (SSSR count). The van der Waals surface area contributed by atoms with Gasteiger partial charge in [0.05, 0.1) is 12.7 Å². The number of benzene rings is 2. The number of fused-ring (bicyclic) bond motifs is 2. The first-order valence-electron chi connectivity index (χ1n) is 7.42. The van der Waals surface area contributed by atoms with Gasteiger partial charge in [0.1, 0.15) is 17.1 Å². The lowest BCUT2D eigenvalue weighted by molar-refractivity contribution is 0.0939. The van der Waals surface area contributed by atoms with Crippen LogP contribution in [0.1, 0.15) is 10.4 Å². The zero-order valence-corrected chi connectivity index (χ0v) is 13.1. The predicted octanol–water partition coefficient (Wildman–Crippen LogP) is 3.05. The molecule has 0 radical (unpaired) electrons. The van der Waals surface area contributed by atoms with Crippen molar-refractivity contribution in [2.75, 3.05) is 7.11 Å². The monoisotopic (exact) mass is 337 g/mol. The van der Waals surface area contributed by atoms with Crippen molar-refractivity contribution in [1.82, 2.24) is 9.78 Å². The van der Waals surface area contributed by atoms with E-state index in [0.29, 0.717) is 16.9 Å². The van der Waals surface area contributed by atoms with E-state index in [0.717, 1.165) is 16.1 Å².